The van der Waals surface area contributed by atoms with Gasteiger partial charge in [0.05, 0.1) is 0 Å². The van der Waals surface area contributed by atoms with E-state index in [0.29, 0.717) is 5.13 Å². The zero-order valence-electron chi connectivity index (χ0n) is 7.57. The molecule has 0 unspecified atom stereocenters. The van der Waals surface area contributed by atoms with E-state index in [1.807, 2.05) is 6.92 Å². The number of nitrogens with zero attached hydrogens (tertiary/aromatic N) is 1. The lowest BCUT2D eigenvalue weighted by molar-refractivity contribution is -0.305. The van der Waals surface area contributed by atoms with Gasteiger partial charge in [0.15, 0.2) is 5.13 Å². The maximum Gasteiger partial charge on any atom is 0.226 e. The summed E-state index contributed by atoms with van der Waals surface area (Å²) in [7, 11) is 0. The summed E-state index contributed by atoms with van der Waals surface area (Å²) in [5.74, 6) is -1.58. The summed E-state index contributed by atoms with van der Waals surface area (Å²) in [6.07, 6.45) is 1.29. The first-order valence-corrected chi connectivity index (χ1v) is 4.81. The van der Waals surface area contributed by atoms with Crippen molar-refractivity contribution in [3.63, 3.8) is 0 Å². The molecule has 0 aliphatic heterocycles. The van der Waals surface area contributed by atoms with Crippen LogP contribution in [0.15, 0.2) is 6.20 Å². The zero-order valence-corrected chi connectivity index (χ0v) is 8.39. The number of amides is 1. The lowest BCUT2D eigenvalue weighted by Crippen LogP contribution is -2.24. The monoisotopic (exact) mass is 213 g/mol. The number of aromatic nitrogens is 1. The van der Waals surface area contributed by atoms with E-state index in [2.05, 4.69) is 10.3 Å². The van der Waals surface area contributed by atoms with Crippen LogP contribution in [0.1, 0.15) is 17.7 Å². The van der Waals surface area contributed by atoms with Gasteiger partial charge in [-0.2, -0.15) is 0 Å². The van der Waals surface area contributed by atoms with Crippen LogP contribution in [0.2, 0.25) is 0 Å². The van der Waals surface area contributed by atoms with Crippen molar-refractivity contribution in [3.05, 3.63) is 11.1 Å². The Morgan fingerprint density at radius 1 is 1.57 bits per heavy atom. The Kier molecular flexibility index (Phi) is 3.58. The van der Waals surface area contributed by atoms with Crippen molar-refractivity contribution in [1.82, 2.24) is 4.98 Å². The molecule has 0 aliphatic rings. The smallest absolute Gasteiger partial charge is 0.226 e. The van der Waals surface area contributed by atoms with Crippen LogP contribution in [0.5, 0.6) is 0 Å². The molecule has 0 aliphatic carbocycles. The lowest BCUT2D eigenvalue weighted by Gasteiger charge is -2.01. The maximum absolute atomic E-state index is 11.1. The normalized spacial score (nSPS) is 9.79. The van der Waals surface area contributed by atoms with Gasteiger partial charge in [0, 0.05) is 23.5 Å². The Labute approximate surface area is 84.8 Å². The second kappa shape index (κ2) is 4.71. The summed E-state index contributed by atoms with van der Waals surface area (Å²) in [4.78, 5) is 26.0. The van der Waals surface area contributed by atoms with Crippen LogP contribution < -0.4 is 10.4 Å². The largest absolute Gasteiger partial charge is 0.550 e. The highest BCUT2D eigenvalue weighted by atomic mass is 32.1. The molecular formula is C8H9N2O3S-. The highest BCUT2D eigenvalue weighted by Gasteiger charge is 2.04. The molecule has 76 valence electrons. The molecule has 0 spiro atoms. The van der Waals surface area contributed by atoms with Crippen LogP contribution >= 0.6 is 11.3 Å². The molecule has 0 saturated carbocycles. The number of carboxylic acids is 1. The summed E-state index contributed by atoms with van der Waals surface area (Å²) >= 11 is 1.34. The molecule has 0 atom stereocenters. The molecule has 0 fully saturated rings. The SMILES string of the molecule is Cc1cnc(NC(=O)CCC(=O)[O-])s1. The predicted octanol–water partition coefficient (Wildman–Crippen LogP) is -0.0799. The van der Waals surface area contributed by atoms with Gasteiger partial charge in [-0.15, -0.1) is 11.3 Å². The van der Waals surface area contributed by atoms with E-state index in [1.165, 1.54) is 11.3 Å². The molecule has 0 saturated heterocycles. The fourth-order valence-electron chi connectivity index (χ4n) is 0.810. The minimum Gasteiger partial charge on any atom is -0.550 e. The van der Waals surface area contributed by atoms with Crippen LogP contribution in [-0.4, -0.2) is 16.9 Å². The van der Waals surface area contributed by atoms with E-state index < -0.39 is 5.97 Å². The number of aryl methyl sites for hydroxylation is 1. The van der Waals surface area contributed by atoms with Crippen molar-refractivity contribution in [2.45, 2.75) is 19.8 Å². The summed E-state index contributed by atoms with van der Waals surface area (Å²) in [6, 6.07) is 0. The molecule has 1 aromatic rings. The molecule has 1 amide bonds. The number of hydrogen-bond acceptors (Lipinski definition) is 5. The quantitative estimate of drug-likeness (QED) is 0.758. The van der Waals surface area contributed by atoms with Crippen molar-refractivity contribution in [3.8, 4) is 0 Å². The average Bonchev–Trinajstić information content (AvgIpc) is 2.48. The highest BCUT2D eigenvalue weighted by Crippen LogP contribution is 2.16. The second-order valence-electron chi connectivity index (χ2n) is 2.70. The van der Waals surface area contributed by atoms with Gasteiger partial charge in [0.25, 0.3) is 0 Å². The third kappa shape index (κ3) is 3.53. The molecule has 0 radical (unpaired) electrons. The highest BCUT2D eigenvalue weighted by molar-refractivity contribution is 7.15. The first kappa shape index (κ1) is 10.6. The Morgan fingerprint density at radius 3 is 2.79 bits per heavy atom. The van der Waals surface area contributed by atoms with Gasteiger partial charge in [-0.05, 0) is 13.3 Å². The van der Waals surface area contributed by atoms with E-state index in [9.17, 15) is 14.7 Å². The second-order valence-corrected chi connectivity index (χ2v) is 3.93. The van der Waals surface area contributed by atoms with Gasteiger partial charge >= 0.3 is 0 Å². The topological polar surface area (TPSA) is 82.1 Å². The number of aliphatic carboxylic acids is 1. The number of carbonyl (C=O) groups excluding carboxylic acids is 2. The van der Waals surface area contributed by atoms with E-state index >= 15 is 0 Å². The minimum absolute atomic E-state index is 0.0824. The number of thiazole rings is 1. The fourth-order valence-corrected chi connectivity index (χ4v) is 1.49. The fraction of sp³-hybridized carbons (Fsp3) is 0.375. The van der Waals surface area contributed by atoms with Gasteiger partial charge < -0.3 is 15.2 Å². The molecule has 1 heterocycles. The number of nitrogens with one attached hydrogen (secondary N) is 1. The van der Waals surface area contributed by atoms with E-state index in [1.54, 1.807) is 6.20 Å². The Hall–Kier alpha value is -1.43. The Morgan fingerprint density at radius 2 is 2.29 bits per heavy atom. The summed E-state index contributed by atoms with van der Waals surface area (Å²) in [6.45, 7) is 1.87. The van der Waals surface area contributed by atoms with Crippen molar-refractivity contribution in [2.75, 3.05) is 5.32 Å². The predicted molar refractivity (Wildman–Crippen MR) is 49.7 cm³/mol. The Bertz CT molecular complexity index is 348. The van der Waals surface area contributed by atoms with Gasteiger partial charge in [-0.25, -0.2) is 4.98 Å². The molecular weight excluding hydrogens is 204 g/mol. The van der Waals surface area contributed by atoms with E-state index in [0.717, 1.165) is 4.88 Å². The molecule has 0 aromatic carbocycles. The number of carboxylic acid groups (broad SMARTS) is 1. The third-order valence-electron chi connectivity index (χ3n) is 1.42. The van der Waals surface area contributed by atoms with Crippen LogP contribution in [0.25, 0.3) is 0 Å². The van der Waals surface area contributed by atoms with Gasteiger partial charge in [-0.3, -0.25) is 4.79 Å². The number of rotatable bonds is 4. The first-order chi connectivity index (χ1) is 6.58. The molecule has 1 aromatic heterocycles. The Balaban J connectivity index is 2.37. The van der Waals surface area contributed by atoms with Gasteiger partial charge in [0.1, 0.15) is 0 Å². The first-order valence-electron chi connectivity index (χ1n) is 4.00. The summed E-state index contributed by atoms with van der Waals surface area (Å²) < 4.78 is 0. The average molecular weight is 213 g/mol. The van der Waals surface area contributed by atoms with E-state index in [-0.39, 0.29) is 18.7 Å². The van der Waals surface area contributed by atoms with Crippen molar-refractivity contribution in [2.24, 2.45) is 0 Å². The maximum atomic E-state index is 11.1. The lowest BCUT2D eigenvalue weighted by atomic mass is 10.3. The summed E-state index contributed by atoms with van der Waals surface area (Å²) in [5, 5.41) is 13.0. The van der Waals surface area contributed by atoms with Crippen molar-refractivity contribution in [1.29, 1.82) is 0 Å². The number of carbonyl (C=O) groups is 2. The van der Waals surface area contributed by atoms with Gasteiger partial charge in [0.2, 0.25) is 5.91 Å². The minimum atomic E-state index is -1.23. The number of hydrogen-bond donors (Lipinski definition) is 1. The number of anilines is 1. The molecule has 6 heteroatoms. The summed E-state index contributed by atoms with van der Waals surface area (Å²) in [5.41, 5.74) is 0. The molecule has 1 rings (SSSR count). The molecule has 14 heavy (non-hydrogen) atoms. The van der Waals surface area contributed by atoms with E-state index in [4.69, 9.17) is 0 Å². The van der Waals surface area contributed by atoms with Crippen molar-refractivity contribution >= 4 is 28.3 Å². The standard InChI is InChI=1S/C8H10N2O3S/c1-5-4-9-8(14-5)10-6(11)2-3-7(12)13/h4H,2-3H2,1H3,(H,12,13)(H,9,10,11)/p-1. The zero-order chi connectivity index (χ0) is 10.6. The van der Waals surface area contributed by atoms with Gasteiger partial charge in [-0.1, -0.05) is 0 Å². The van der Waals surface area contributed by atoms with Crippen molar-refractivity contribution < 1.29 is 14.7 Å². The van der Waals surface area contributed by atoms with Crippen LogP contribution in [-0.2, 0) is 9.59 Å². The molecule has 5 nitrogen and oxygen atoms in total. The molecule has 0 bridgehead atoms. The van der Waals surface area contributed by atoms with Crippen LogP contribution in [0.4, 0.5) is 5.13 Å². The third-order valence-corrected chi connectivity index (χ3v) is 2.25. The van der Waals surface area contributed by atoms with Crippen LogP contribution in [0, 0.1) is 6.92 Å². The molecule has 1 N–H and O–H groups in total. The van der Waals surface area contributed by atoms with Crippen LogP contribution in [0.3, 0.4) is 0 Å².